The summed E-state index contributed by atoms with van der Waals surface area (Å²) in [4.78, 5) is 27.6. The summed E-state index contributed by atoms with van der Waals surface area (Å²) in [6.07, 6.45) is 3.29. The van der Waals surface area contributed by atoms with Gasteiger partial charge in [0.1, 0.15) is 0 Å². The number of rotatable bonds is 2. The molecule has 0 bridgehead atoms. The number of anilines is 1. The number of hydrogen-bond donors (Lipinski definition) is 0. The van der Waals surface area contributed by atoms with Crippen LogP contribution < -0.4 is 4.90 Å². The number of para-hydroxylation sites is 2. The number of aryl methyl sites for hydroxylation is 1. The molecule has 3 aromatic rings. The molecule has 5 rings (SSSR count). The van der Waals surface area contributed by atoms with Crippen LogP contribution >= 0.6 is 0 Å². The average molecular weight is 343 g/mol. The van der Waals surface area contributed by atoms with Crippen LogP contribution in [0.4, 0.5) is 5.69 Å². The van der Waals surface area contributed by atoms with Gasteiger partial charge in [0.25, 0.3) is 0 Å². The van der Waals surface area contributed by atoms with E-state index < -0.39 is 5.92 Å². The van der Waals surface area contributed by atoms with Crippen molar-refractivity contribution in [1.29, 1.82) is 0 Å². The normalized spacial score (nSPS) is 21.6. The molecule has 2 heterocycles. The Morgan fingerprint density at radius 1 is 0.846 bits per heavy atom. The lowest BCUT2D eigenvalue weighted by atomic mass is 9.80. The quantitative estimate of drug-likeness (QED) is 0.672. The fraction of sp³-hybridized carbons (Fsp3) is 0.190. The van der Waals surface area contributed by atoms with Crippen molar-refractivity contribution < 1.29 is 9.59 Å². The van der Waals surface area contributed by atoms with Gasteiger partial charge in [0, 0.05) is 0 Å². The van der Waals surface area contributed by atoms with Crippen LogP contribution in [0.5, 0.6) is 0 Å². The lowest BCUT2D eigenvalue weighted by Gasteiger charge is -2.23. The van der Waals surface area contributed by atoms with E-state index in [-0.39, 0.29) is 17.7 Å². The summed E-state index contributed by atoms with van der Waals surface area (Å²) >= 11 is 0. The zero-order chi connectivity index (χ0) is 17.7. The number of carbonyl (C=O) groups is 2. The molecule has 128 valence electrons. The highest BCUT2D eigenvalue weighted by atomic mass is 16.2. The molecular weight excluding hydrogens is 326 g/mol. The Hall–Kier alpha value is -3.21. The predicted molar refractivity (Wildman–Crippen MR) is 97.1 cm³/mol. The number of nitrogens with zero attached hydrogens (tertiary/aromatic N) is 3. The van der Waals surface area contributed by atoms with E-state index in [4.69, 9.17) is 0 Å². The molecule has 26 heavy (non-hydrogen) atoms. The summed E-state index contributed by atoms with van der Waals surface area (Å²) in [6, 6.07) is 19.0. The van der Waals surface area contributed by atoms with Gasteiger partial charge in [0.05, 0.1) is 35.1 Å². The van der Waals surface area contributed by atoms with Gasteiger partial charge in [-0.15, -0.1) is 0 Å². The number of fused-ring (bicyclic) bond motifs is 3. The number of amides is 2. The fourth-order valence-electron chi connectivity index (χ4n) is 4.16. The monoisotopic (exact) mass is 343 g/mol. The first kappa shape index (κ1) is 15.1. The van der Waals surface area contributed by atoms with E-state index in [9.17, 15) is 9.59 Å². The molecule has 1 aromatic heterocycles. The highest BCUT2D eigenvalue weighted by Crippen LogP contribution is 2.45. The summed E-state index contributed by atoms with van der Waals surface area (Å²) in [7, 11) is 0. The van der Waals surface area contributed by atoms with Gasteiger partial charge >= 0.3 is 0 Å². The largest absolute Gasteiger partial charge is 0.274 e. The van der Waals surface area contributed by atoms with Gasteiger partial charge in [-0.25, -0.2) is 9.58 Å². The Bertz CT molecular complexity index is 995. The number of benzene rings is 2. The van der Waals surface area contributed by atoms with E-state index in [0.29, 0.717) is 12.1 Å². The molecule has 1 fully saturated rings. The van der Waals surface area contributed by atoms with E-state index in [0.717, 1.165) is 23.4 Å². The van der Waals surface area contributed by atoms with Crippen LogP contribution in [0.3, 0.4) is 0 Å². The predicted octanol–water partition coefficient (Wildman–Crippen LogP) is 3.09. The molecule has 0 radical (unpaired) electrons. The van der Waals surface area contributed by atoms with Crippen LogP contribution in [-0.2, 0) is 16.0 Å². The van der Waals surface area contributed by atoms with Crippen LogP contribution in [0.15, 0.2) is 66.9 Å². The van der Waals surface area contributed by atoms with Crippen molar-refractivity contribution >= 4 is 17.5 Å². The highest BCUT2D eigenvalue weighted by Gasteiger charge is 2.52. The smallest absolute Gasteiger partial charge is 0.243 e. The van der Waals surface area contributed by atoms with Crippen molar-refractivity contribution in [2.75, 3.05) is 4.90 Å². The average Bonchev–Trinajstić information content (AvgIpc) is 3.22. The summed E-state index contributed by atoms with van der Waals surface area (Å²) in [5.74, 6) is -1.02. The highest BCUT2D eigenvalue weighted by molar-refractivity contribution is 6.24. The number of aromatic nitrogens is 2. The molecule has 5 nitrogen and oxygen atoms in total. The second kappa shape index (κ2) is 5.66. The Balaban J connectivity index is 1.63. The maximum atomic E-state index is 13.3. The Labute approximate surface area is 150 Å². The molecule has 0 saturated carbocycles. The first-order valence-corrected chi connectivity index (χ1v) is 8.81. The molecule has 1 aliphatic carbocycles. The lowest BCUT2D eigenvalue weighted by molar-refractivity contribution is -0.122. The van der Waals surface area contributed by atoms with E-state index in [1.165, 1.54) is 4.90 Å². The van der Waals surface area contributed by atoms with Crippen LogP contribution in [0.2, 0.25) is 0 Å². The summed E-state index contributed by atoms with van der Waals surface area (Å²) in [5.41, 5.74) is 3.48. The van der Waals surface area contributed by atoms with Gasteiger partial charge in [-0.3, -0.25) is 9.59 Å². The standard InChI is InChI=1S/C21H17N3O2/c25-20-17-12-11-14-13-22-24(16-9-5-2-6-10-16)19(14)18(17)21(26)23(20)15-7-3-1-4-8-15/h1-10,13,17-18H,11-12H2. The summed E-state index contributed by atoms with van der Waals surface area (Å²) in [6.45, 7) is 0. The second-order valence-electron chi connectivity index (χ2n) is 6.77. The molecule has 2 aliphatic rings. The third-order valence-electron chi connectivity index (χ3n) is 5.35. The van der Waals surface area contributed by atoms with Crippen molar-refractivity contribution in [2.24, 2.45) is 5.92 Å². The van der Waals surface area contributed by atoms with Gasteiger partial charge in [-0.2, -0.15) is 5.10 Å². The minimum atomic E-state index is -0.464. The number of carbonyl (C=O) groups excluding carboxylic acids is 2. The third kappa shape index (κ3) is 2.07. The minimum Gasteiger partial charge on any atom is -0.274 e. The maximum Gasteiger partial charge on any atom is 0.243 e. The Morgan fingerprint density at radius 3 is 2.19 bits per heavy atom. The topological polar surface area (TPSA) is 55.2 Å². The zero-order valence-electron chi connectivity index (χ0n) is 14.1. The maximum absolute atomic E-state index is 13.3. The first-order chi connectivity index (χ1) is 12.8. The van der Waals surface area contributed by atoms with Gasteiger partial charge in [0.15, 0.2) is 0 Å². The fourth-order valence-corrected chi connectivity index (χ4v) is 4.16. The van der Waals surface area contributed by atoms with Crippen molar-refractivity contribution in [3.05, 3.63) is 78.1 Å². The van der Waals surface area contributed by atoms with E-state index in [1.807, 2.05) is 71.5 Å². The van der Waals surface area contributed by atoms with Gasteiger partial charge in [-0.1, -0.05) is 36.4 Å². The molecule has 1 saturated heterocycles. The first-order valence-electron chi connectivity index (χ1n) is 8.81. The number of hydrogen-bond acceptors (Lipinski definition) is 3. The molecule has 5 heteroatoms. The summed E-state index contributed by atoms with van der Waals surface area (Å²) in [5, 5.41) is 4.52. The SMILES string of the molecule is O=C1C2CCc3cnn(-c4ccccc4)c3C2C(=O)N1c1ccccc1. The summed E-state index contributed by atoms with van der Waals surface area (Å²) < 4.78 is 1.83. The van der Waals surface area contributed by atoms with Gasteiger partial charge < -0.3 is 0 Å². The van der Waals surface area contributed by atoms with Crippen molar-refractivity contribution in [2.45, 2.75) is 18.8 Å². The molecule has 1 aliphatic heterocycles. The van der Waals surface area contributed by atoms with Crippen LogP contribution in [0.1, 0.15) is 23.6 Å². The molecular formula is C21H17N3O2. The Morgan fingerprint density at radius 2 is 1.50 bits per heavy atom. The second-order valence-corrected chi connectivity index (χ2v) is 6.77. The number of imide groups is 1. The van der Waals surface area contributed by atoms with Crippen molar-refractivity contribution in [3.63, 3.8) is 0 Å². The van der Waals surface area contributed by atoms with Crippen molar-refractivity contribution in [1.82, 2.24) is 9.78 Å². The van der Waals surface area contributed by atoms with Gasteiger partial charge in [0.2, 0.25) is 11.8 Å². The van der Waals surface area contributed by atoms with Gasteiger partial charge in [-0.05, 0) is 42.7 Å². The van der Waals surface area contributed by atoms with E-state index in [2.05, 4.69) is 5.10 Å². The van der Waals surface area contributed by atoms with Crippen LogP contribution in [0, 0.1) is 5.92 Å². The Kier molecular flexibility index (Phi) is 3.28. The van der Waals surface area contributed by atoms with Crippen molar-refractivity contribution in [3.8, 4) is 5.69 Å². The molecule has 0 spiro atoms. The molecule has 2 aromatic carbocycles. The van der Waals surface area contributed by atoms with E-state index in [1.54, 1.807) is 0 Å². The molecule has 2 atom stereocenters. The molecule has 2 amide bonds. The zero-order valence-corrected chi connectivity index (χ0v) is 14.1. The molecule has 0 N–H and O–H groups in total. The van der Waals surface area contributed by atoms with Crippen LogP contribution in [-0.4, -0.2) is 21.6 Å². The minimum absolute atomic E-state index is 0.0994. The van der Waals surface area contributed by atoms with E-state index >= 15 is 0 Å². The van der Waals surface area contributed by atoms with Crippen LogP contribution in [0.25, 0.3) is 5.69 Å². The third-order valence-corrected chi connectivity index (χ3v) is 5.35. The molecule has 2 unspecified atom stereocenters. The lowest BCUT2D eigenvalue weighted by Crippen LogP contribution is -2.30.